The molecule has 3 aromatic rings. The van der Waals surface area contributed by atoms with Gasteiger partial charge in [-0.1, -0.05) is 57.5 Å². The molecule has 0 bridgehead atoms. The first-order valence-corrected chi connectivity index (χ1v) is 11.2. The number of rotatable bonds is 8. The molecule has 2 aromatic carbocycles. The number of benzene rings is 2. The number of aromatic nitrogens is 1. The summed E-state index contributed by atoms with van der Waals surface area (Å²) >= 11 is 3.50. The van der Waals surface area contributed by atoms with E-state index in [0.717, 1.165) is 22.1 Å². The molecule has 1 aliphatic carbocycles. The Labute approximate surface area is 185 Å². The second-order valence-corrected chi connectivity index (χ2v) is 9.13. The minimum absolute atomic E-state index is 0.0151. The maximum absolute atomic E-state index is 12.2. The Morgan fingerprint density at radius 2 is 1.73 bits per heavy atom. The van der Waals surface area contributed by atoms with Gasteiger partial charge in [-0.25, -0.2) is 0 Å². The van der Waals surface area contributed by atoms with E-state index in [4.69, 9.17) is 0 Å². The zero-order valence-electron chi connectivity index (χ0n) is 17.0. The third kappa shape index (κ3) is 4.78. The van der Waals surface area contributed by atoms with Crippen molar-refractivity contribution in [2.45, 2.75) is 44.7 Å². The van der Waals surface area contributed by atoms with Gasteiger partial charge in [0.15, 0.2) is 0 Å². The number of nitroso groups, excluding NO2 is 1. The number of halogens is 1. The minimum atomic E-state index is -0.524. The van der Waals surface area contributed by atoms with E-state index in [1.165, 1.54) is 24.0 Å². The van der Waals surface area contributed by atoms with Crippen LogP contribution in [0.5, 0.6) is 0 Å². The molecule has 1 saturated carbocycles. The van der Waals surface area contributed by atoms with Gasteiger partial charge in [0.2, 0.25) is 0 Å². The molecule has 0 spiro atoms. The van der Waals surface area contributed by atoms with Crippen LogP contribution in [0.15, 0.2) is 81.3 Å². The van der Waals surface area contributed by atoms with Gasteiger partial charge in [0.05, 0.1) is 0 Å². The van der Waals surface area contributed by atoms with E-state index in [1.807, 2.05) is 30.5 Å². The highest BCUT2D eigenvalue weighted by Gasteiger charge is 2.25. The Balaban J connectivity index is 1.69. The average molecular weight is 465 g/mol. The van der Waals surface area contributed by atoms with Crippen LogP contribution in [0.1, 0.15) is 53.5 Å². The predicted molar refractivity (Wildman–Crippen MR) is 124 cm³/mol. The first kappa shape index (κ1) is 20.7. The molecule has 0 amide bonds. The molecule has 2 unspecified atom stereocenters. The van der Waals surface area contributed by atoms with Gasteiger partial charge < -0.3 is 4.57 Å². The number of nitrogens with zero attached hydrogens (tertiary/aromatic N) is 2. The van der Waals surface area contributed by atoms with Crippen molar-refractivity contribution < 1.29 is 0 Å². The van der Waals surface area contributed by atoms with Gasteiger partial charge >= 0.3 is 0 Å². The van der Waals surface area contributed by atoms with E-state index in [0.29, 0.717) is 12.3 Å². The fourth-order valence-electron chi connectivity index (χ4n) is 4.05. The molecule has 1 aliphatic rings. The van der Waals surface area contributed by atoms with Gasteiger partial charge in [-0.3, -0.25) is 4.79 Å². The third-order valence-corrected chi connectivity index (χ3v) is 6.49. The summed E-state index contributed by atoms with van der Waals surface area (Å²) in [5, 5.41) is 3.49. The zero-order valence-corrected chi connectivity index (χ0v) is 18.6. The molecule has 0 N–H and O–H groups in total. The Bertz CT molecular complexity index is 1090. The molecule has 0 radical (unpaired) electrons. The molecule has 5 heteroatoms. The molecule has 1 fully saturated rings. The average Bonchev–Trinajstić information content (AvgIpc) is 3.57. The maximum atomic E-state index is 12.2. The second kappa shape index (κ2) is 9.09. The summed E-state index contributed by atoms with van der Waals surface area (Å²) in [6.07, 6.45) is 4.73. The lowest BCUT2D eigenvalue weighted by Gasteiger charge is -2.23. The van der Waals surface area contributed by atoms with Crippen molar-refractivity contribution in [1.82, 2.24) is 4.57 Å². The topological polar surface area (TPSA) is 51.4 Å². The van der Waals surface area contributed by atoms with E-state index in [2.05, 4.69) is 52.3 Å². The van der Waals surface area contributed by atoms with E-state index in [9.17, 15) is 9.70 Å². The molecule has 154 valence electrons. The van der Waals surface area contributed by atoms with Crippen LogP contribution in [0.2, 0.25) is 0 Å². The van der Waals surface area contributed by atoms with Crippen LogP contribution in [0, 0.1) is 17.7 Å². The highest BCUT2D eigenvalue weighted by molar-refractivity contribution is 9.10. The Morgan fingerprint density at radius 3 is 2.40 bits per heavy atom. The van der Waals surface area contributed by atoms with Gasteiger partial charge in [-0.15, -0.1) is 0 Å². The van der Waals surface area contributed by atoms with Gasteiger partial charge in [0.25, 0.3) is 5.56 Å². The SMILES string of the molecule is Cc1ccccc1C(CC(N=O)c1ccc(=O)n(CC2CC2)c1)c1ccc(Br)cc1. The summed E-state index contributed by atoms with van der Waals surface area (Å²) in [5.41, 5.74) is 4.32. The summed E-state index contributed by atoms with van der Waals surface area (Å²) in [4.78, 5) is 24.2. The van der Waals surface area contributed by atoms with E-state index in [1.54, 1.807) is 16.7 Å². The van der Waals surface area contributed by atoms with Crippen molar-refractivity contribution in [3.63, 3.8) is 0 Å². The van der Waals surface area contributed by atoms with Gasteiger partial charge in [-0.2, -0.15) is 4.91 Å². The number of hydrogen-bond acceptors (Lipinski definition) is 3. The van der Waals surface area contributed by atoms with Gasteiger partial charge in [0.1, 0.15) is 6.04 Å². The molecule has 1 heterocycles. The lowest BCUT2D eigenvalue weighted by molar-refractivity contribution is 0.566. The molecular formula is C25H25BrN2O2. The molecule has 4 rings (SSSR count). The van der Waals surface area contributed by atoms with Crippen molar-refractivity contribution in [2.75, 3.05) is 0 Å². The molecular weight excluding hydrogens is 440 g/mol. The van der Waals surface area contributed by atoms with E-state index in [-0.39, 0.29) is 11.5 Å². The largest absolute Gasteiger partial charge is 0.315 e. The highest BCUT2D eigenvalue weighted by atomic mass is 79.9. The first-order valence-electron chi connectivity index (χ1n) is 10.4. The van der Waals surface area contributed by atoms with Crippen LogP contribution in [0.25, 0.3) is 0 Å². The van der Waals surface area contributed by atoms with Crippen molar-refractivity contribution >= 4 is 15.9 Å². The summed E-state index contributed by atoms with van der Waals surface area (Å²) in [6.45, 7) is 2.83. The van der Waals surface area contributed by atoms with Crippen LogP contribution < -0.4 is 5.56 Å². The van der Waals surface area contributed by atoms with Crippen LogP contribution in [0.4, 0.5) is 0 Å². The molecule has 4 nitrogen and oxygen atoms in total. The van der Waals surface area contributed by atoms with E-state index < -0.39 is 6.04 Å². The van der Waals surface area contributed by atoms with Crippen LogP contribution in [-0.4, -0.2) is 4.57 Å². The smallest absolute Gasteiger partial charge is 0.250 e. The normalized spacial score (nSPS) is 15.5. The fraction of sp³-hybridized carbons (Fsp3) is 0.320. The Morgan fingerprint density at radius 1 is 1.03 bits per heavy atom. The van der Waals surface area contributed by atoms with Crippen molar-refractivity contribution in [3.05, 3.63) is 109 Å². The summed E-state index contributed by atoms with van der Waals surface area (Å²) in [6, 6.07) is 19.3. The summed E-state index contributed by atoms with van der Waals surface area (Å²) < 4.78 is 2.76. The second-order valence-electron chi connectivity index (χ2n) is 8.21. The summed E-state index contributed by atoms with van der Waals surface area (Å²) in [5.74, 6) is 0.619. The monoisotopic (exact) mass is 464 g/mol. The Kier molecular flexibility index (Phi) is 6.28. The fourth-order valence-corrected chi connectivity index (χ4v) is 4.31. The Hall–Kier alpha value is -2.53. The molecule has 2 atom stereocenters. The first-order chi connectivity index (χ1) is 14.5. The zero-order chi connectivity index (χ0) is 21.1. The van der Waals surface area contributed by atoms with Crippen LogP contribution >= 0.6 is 15.9 Å². The number of aryl methyl sites for hydroxylation is 1. The summed E-state index contributed by atoms with van der Waals surface area (Å²) in [7, 11) is 0. The predicted octanol–water partition coefficient (Wildman–Crippen LogP) is 6.36. The number of pyridine rings is 1. The van der Waals surface area contributed by atoms with Gasteiger partial charge in [-0.05, 0) is 72.6 Å². The van der Waals surface area contributed by atoms with Crippen LogP contribution in [-0.2, 0) is 6.54 Å². The van der Waals surface area contributed by atoms with E-state index >= 15 is 0 Å². The lowest BCUT2D eigenvalue weighted by Crippen LogP contribution is -2.21. The molecule has 0 aliphatic heterocycles. The molecule has 30 heavy (non-hydrogen) atoms. The minimum Gasteiger partial charge on any atom is -0.315 e. The standard InChI is InChI=1S/C25H25BrN2O2/c1-17-4-2-3-5-22(17)23(19-8-11-21(26)12-9-19)14-24(27-30)20-10-13-25(29)28(16-20)15-18-6-7-18/h2-5,8-13,16,18,23-24H,6-7,14-15H2,1H3. The number of hydrogen-bond donors (Lipinski definition) is 0. The van der Waals surface area contributed by atoms with Gasteiger partial charge in [0, 0.05) is 29.2 Å². The maximum Gasteiger partial charge on any atom is 0.250 e. The van der Waals surface area contributed by atoms with Crippen molar-refractivity contribution in [1.29, 1.82) is 0 Å². The third-order valence-electron chi connectivity index (χ3n) is 5.97. The van der Waals surface area contributed by atoms with Crippen molar-refractivity contribution in [3.8, 4) is 0 Å². The van der Waals surface area contributed by atoms with Crippen molar-refractivity contribution in [2.24, 2.45) is 11.1 Å². The van der Waals surface area contributed by atoms with Crippen LogP contribution in [0.3, 0.4) is 0 Å². The highest BCUT2D eigenvalue weighted by Crippen LogP contribution is 2.37. The quantitative estimate of drug-likeness (QED) is 0.364. The molecule has 1 aromatic heterocycles. The lowest BCUT2D eigenvalue weighted by atomic mass is 9.83. The molecule has 0 saturated heterocycles.